The first-order valence-electron chi connectivity index (χ1n) is 5.24. The van der Waals surface area contributed by atoms with Gasteiger partial charge in [0.2, 0.25) is 0 Å². The molecule has 0 fully saturated rings. The molecule has 0 atom stereocenters. The summed E-state index contributed by atoms with van der Waals surface area (Å²) in [5, 5.41) is 11.8. The predicted octanol–water partition coefficient (Wildman–Crippen LogP) is 2.49. The van der Waals surface area contributed by atoms with Crippen molar-refractivity contribution in [2.45, 2.75) is 6.54 Å². The molecule has 0 aliphatic rings. The van der Waals surface area contributed by atoms with Gasteiger partial charge in [-0.05, 0) is 23.9 Å². The molecule has 0 aliphatic carbocycles. The second-order valence-electron chi connectivity index (χ2n) is 3.36. The highest BCUT2D eigenvalue weighted by atomic mass is 16.4. The predicted molar refractivity (Wildman–Crippen MR) is 68.3 cm³/mol. The van der Waals surface area contributed by atoms with Gasteiger partial charge in [-0.2, -0.15) is 0 Å². The van der Waals surface area contributed by atoms with Gasteiger partial charge in [0.05, 0.1) is 5.57 Å². The van der Waals surface area contributed by atoms with Crippen LogP contribution in [0.4, 0.5) is 0 Å². The maximum atomic E-state index is 10.6. The van der Waals surface area contributed by atoms with Crippen LogP contribution in [0.2, 0.25) is 0 Å². The van der Waals surface area contributed by atoms with Gasteiger partial charge in [0, 0.05) is 6.54 Å². The van der Waals surface area contributed by atoms with Crippen molar-refractivity contribution in [2.24, 2.45) is 0 Å². The van der Waals surface area contributed by atoms with E-state index in [1.165, 1.54) is 17.7 Å². The van der Waals surface area contributed by atoms with Crippen LogP contribution in [0.3, 0.4) is 0 Å². The zero-order valence-electron chi connectivity index (χ0n) is 9.47. The Labute approximate surface area is 101 Å². The number of carboxylic acid groups (broad SMARTS) is 1. The number of hydrogen-bond donors (Lipinski definition) is 2. The van der Waals surface area contributed by atoms with E-state index in [1.54, 1.807) is 12.3 Å². The lowest BCUT2D eigenvalue weighted by Crippen LogP contribution is -2.03. The lowest BCUT2D eigenvalue weighted by atomic mass is 10.2. The standard InChI is InChI=1S/C14H15NO2/c1-2-13(14(16)17)9-6-10-15-11-12-7-4-3-5-8-12/h2-10,15H,1,11H2,(H,16,17)/b10-6-,13-9+. The molecule has 0 aliphatic heterocycles. The van der Waals surface area contributed by atoms with Crippen molar-refractivity contribution >= 4 is 5.97 Å². The van der Waals surface area contributed by atoms with Crippen LogP contribution in [0.15, 0.2) is 66.9 Å². The summed E-state index contributed by atoms with van der Waals surface area (Å²) >= 11 is 0. The average Bonchev–Trinajstić information content (AvgIpc) is 2.34. The quantitative estimate of drug-likeness (QED) is 0.582. The summed E-state index contributed by atoms with van der Waals surface area (Å²) in [5.41, 5.74) is 1.34. The molecule has 0 amide bonds. The van der Waals surface area contributed by atoms with E-state index in [4.69, 9.17) is 5.11 Å². The summed E-state index contributed by atoms with van der Waals surface area (Å²) in [6.07, 6.45) is 6.16. The van der Waals surface area contributed by atoms with Crippen molar-refractivity contribution < 1.29 is 9.90 Å². The fraction of sp³-hybridized carbons (Fsp3) is 0.0714. The number of carbonyl (C=O) groups is 1. The molecule has 1 aromatic rings. The molecule has 0 unspecified atom stereocenters. The molecule has 0 saturated carbocycles. The van der Waals surface area contributed by atoms with E-state index < -0.39 is 5.97 Å². The first-order chi connectivity index (χ1) is 8.24. The number of carboxylic acids is 1. The van der Waals surface area contributed by atoms with Crippen LogP contribution in [0.5, 0.6) is 0 Å². The SMILES string of the molecule is C=C/C(=C\C=C/NCc1ccccc1)C(=O)O. The largest absolute Gasteiger partial charge is 0.478 e. The van der Waals surface area contributed by atoms with Gasteiger partial charge in [-0.25, -0.2) is 4.79 Å². The third kappa shape index (κ3) is 4.84. The fourth-order valence-electron chi connectivity index (χ4n) is 1.22. The van der Waals surface area contributed by atoms with Crippen LogP contribution in [0.25, 0.3) is 0 Å². The number of benzene rings is 1. The van der Waals surface area contributed by atoms with Crippen molar-refractivity contribution in [1.29, 1.82) is 0 Å². The zero-order valence-corrected chi connectivity index (χ0v) is 9.47. The van der Waals surface area contributed by atoms with Crippen molar-refractivity contribution in [1.82, 2.24) is 5.32 Å². The summed E-state index contributed by atoms with van der Waals surface area (Å²) in [7, 11) is 0. The Morgan fingerprint density at radius 2 is 2.06 bits per heavy atom. The minimum absolute atomic E-state index is 0.169. The second kappa shape index (κ2) is 7.06. The molecule has 1 aromatic carbocycles. The molecule has 88 valence electrons. The number of aliphatic carboxylic acids is 1. The van der Waals surface area contributed by atoms with E-state index in [-0.39, 0.29) is 5.57 Å². The zero-order chi connectivity index (χ0) is 12.5. The monoisotopic (exact) mass is 229 g/mol. The number of allylic oxidation sites excluding steroid dienone is 2. The van der Waals surface area contributed by atoms with E-state index in [2.05, 4.69) is 11.9 Å². The molecular formula is C14H15NO2. The summed E-state index contributed by atoms with van der Waals surface area (Å²) in [4.78, 5) is 10.6. The third-order valence-corrected chi connectivity index (χ3v) is 2.11. The van der Waals surface area contributed by atoms with Crippen LogP contribution < -0.4 is 5.32 Å². The van der Waals surface area contributed by atoms with Gasteiger partial charge in [0.15, 0.2) is 0 Å². The van der Waals surface area contributed by atoms with Crippen LogP contribution in [0, 0.1) is 0 Å². The maximum Gasteiger partial charge on any atom is 0.335 e. The van der Waals surface area contributed by atoms with Gasteiger partial charge >= 0.3 is 5.97 Å². The van der Waals surface area contributed by atoms with Gasteiger partial charge in [-0.15, -0.1) is 0 Å². The number of rotatable bonds is 6. The Bertz CT molecular complexity index is 433. The van der Waals surface area contributed by atoms with Crippen molar-refractivity contribution in [3.8, 4) is 0 Å². The molecule has 0 saturated heterocycles. The normalized spacial score (nSPS) is 11.4. The van der Waals surface area contributed by atoms with E-state index in [9.17, 15) is 4.79 Å². The minimum Gasteiger partial charge on any atom is -0.478 e. The molecular weight excluding hydrogens is 214 g/mol. The Morgan fingerprint density at radius 3 is 2.65 bits per heavy atom. The summed E-state index contributed by atoms with van der Waals surface area (Å²) < 4.78 is 0. The molecule has 3 heteroatoms. The van der Waals surface area contributed by atoms with Crippen LogP contribution in [-0.2, 0) is 11.3 Å². The molecule has 0 radical (unpaired) electrons. The van der Waals surface area contributed by atoms with Gasteiger partial charge < -0.3 is 10.4 Å². The molecule has 0 spiro atoms. The van der Waals surface area contributed by atoms with Gasteiger partial charge in [-0.3, -0.25) is 0 Å². The van der Waals surface area contributed by atoms with E-state index in [1.807, 2.05) is 30.3 Å². The number of nitrogens with one attached hydrogen (secondary N) is 1. The van der Waals surface area contributed by atoms with Gasteiger partial charge in [0.25, 0.3) is 0 Å². The second-order valence-corrected chi connectivity index (χ2v) is 3.36. The molecule has 0 aromatic heterocycles. The van der Waals surface area contributed by atoms with Crippen LogP contribution >= 0.6 is 0 Å². The Kier molecular flexibility index (Phi) is 5.31. The summed E-state index contributed by atoms with van der Waals surface area (Å²) in [5.74, 6) is -0.979. The van der Waals surface area contributed by atoms with Gasteiger partial charge in [-0.1, -0.05) is 43.0 Å². The van der Waals surface area contributed by atoms with E-state index >= 15 is 0 Å². The van der Waals surface area contributed by atoms with Crippen LogP contribution in [0.1, 0.15) is 5.56 Å². The molecule has 3 nitrogen and oxygen atoms in total. The van der Waals surface area contributed by atoms with Crippen molar-refractivity contribution in [2.75, 3.05) is 0 Å². The molecule has 1 rings (SSSR count). The minimum atomic E-state index is -0.979. The highest BCUT2D eigenvalue weighted by molar-refractivity contribution is 5.89. The molecule has 0 heterocycles. The lowest BCUT2D eigenvalue weighted by molar-refractivity contribution is -0.132. The van der Waals surface area contributed by atoms with Crippen molar-refractivity contribution in [3.05, 3.63) is 72.5 Å². The highest BCUT2D eigenvalue weighted by Gasteiger charge is 1.98. The lowest BCUT2D eigenvalue weighted by Gasteiger charge is -1.99. The highest BCUT2D eigenvalue weighted by Crippen LogP contribution is 1.98. The first-order valence-corrected chi connectivity index (χ1v) is 5.24. The summed E-state index contributed by atoms with van der Waals surface area (Å²) in [6.45, 7) is 4.14. The van der Waals surface area contributed by atoms with Gasteiger partial charge in [0.1, 0.15) is 0 Å². The maximum absolute atomic E-state index is 10.6. The first kappa shape index (κ1) is 12.8. The third-order valence-electron chi connectivity index (χ3n) is 2.11. The Morgan fingerprint density at radius 1 is 1.35 bits per heavy atom. The smallest absolute Gasteiger partial charge is 0.335 e. The molecule has 0 bridgehead atoms. The topological polar surface area (TPSA) is 49.3 Å². The Balaban J connectivity index is 2.41. The molecule has 2 N–H and O–H groups in total. The fourth-order valence-corrected chi connectivity index (χ4v) is 1.22. The Hall–Kier alpha value is -2.29. The molecule has 17 heavy (non-hydrogen) atoms. The van der Waals surface area contributed by atoms with Crippen LogP contribution in [-0.4, -0.2) is 11.1 Å². The van der Waals surface area contributed by atoms with Crippen molar-refractivity contribution in [3.63, 3.8) is 0 Å². The van der Waals surface area contributed by atoms with E-state index in [0.29, 0.717) is 6.54 Å². The average molecular weight is 229 g/mol. The van der Waals surface area contributed by atoms with E-state index in [0.717, 1.165) is 0 Å². The summed E-state index contributed by atoms with van der Waals surface area (Å²) in [6, 6.07) is 9.94. The number of hydrogen-bond acceptors (Lipinski definition) is 2.